The molecule has 0 atom stereocenters. The van der Waals surface area contributed by atoms with Crippen LogP contribution in [0.25, 0.3) is 0 Å². The molecule has 1 saturated heterocycles. The standard InChI is InChI=1S/C23H31N3O4S/c1-18-6-11-22(17-19(18)2)31(28,29)26-15-13-25(14-16-26)23(27)24-12-4-5-20-7-9-21(30-3)10-8-20/h6-11,17H,4-5,12-16H2,1-3H3,(H,24,27). The molecule has 7 nitrogen and oxygen atoms in total. The van der Waals surface area contributed by atoms with Crippen LogP contribution >= 0.6 is 0 Å². The number of nitrogens with zero attached hydrogens (tertiary/aromatic N) is 2. The topological polar surface area (TPSA) is 79.0 Å². The summed E-state index contributed by atoms with van der Waals surface area (Å²) in [7, 11) is -1.90. The minimum atomic E-state index is -3.54. The quantitative estimate of drug-likeness (QED) is 0.665. The summed E-state index contributed by atoms with van der Waals surface area (Å²) in [6, 6.07) is 13.0. The van der Waals surface area contributed by atoms with Crippen LogP contribution in [0.1, 0.15) is 23.1 Å². The first-order valence-corrected chi connectivity index (χ1v) is 12.0. The number of ether oxygens (including phenoxy) is 1. The van der Waals surface area contributed by atoms with Crippen LogP contribution in [-0.4, -0.2) is 63.5 Å². The highest BCUT2D eigenvalue weighted by Crippen LogP contribution is 2.20. The van der Waals surface area contributed by atoms with Crippen LogP contribution in [0.15, 0.2) is 47.4 Å². The van der Waals surface area contributed by atoms with E-state index in [1.165, 1.54) is 9.87 Å². The van der Waals surface area contributed by atoms with E-state index in [0.717, 1.165) is 29.7 Å². The van der Waals surface area contributed by atoms with Crippen molar-refractivity contribution in [1.82, 2.24) is 14.5 Å². The Labute approximate surface area is 185 Å². The molecule has 0 aliphatic carbocycles. The summed E-state index contributed by atoms with van der Waals surface area (Å²) in [6.07, 6.45) is 1.70. The molecule has 31 heavy (non-hydrogen) atoms. The van der Waals surface area contributed by atoms with E-state index in [1.807, 2.05) is 44.2 Å². The van der Waals surface area contributed by atoms with Crippen molar-refractivity contribution in [2.45, 2.75) is 31.6 Å². The molecule has 2 aromatic rings. The summed E-state index contributed by atoms with van der Waals surface area (Å²) in [4.78, 5) is 14.4. The maximum absolute atomic E-state index is 12.9. The highest BCUT2D eigenvalue weighted by atomic mass is 32.2. The Morgan fingerprint density at radius 2 is 1.68 bits per heavy atom. The first-order valence-electron chi connectivity index (χ1n) is 10.5. The Morgan fingerprint density at radius 1 is 1.00 bits per heavy atom. The summed E-state index contributed by atoms with van der Waals surface area (Å²) in [5, 5.41) is 2.94. The number of methoxy groups -OCH3 is 1. The average Bonchev–Trinajstić information content (AvgIpc) is 2.78. The Bertz CT molecular complexity index is 998. The van der Waals surface area contributed by atoms with Gasteiger partial charge in [-0.05, 0) is 67.6 Å². The van der Waals surface area contributed by atoms with Gasteiger partial charge in [0.1, 0.15) is 5.75 Å². The van der Waals surface area contributed by atoms with Crippen LogP contribution in [-0.2, 0) is 16.4 Å². The summed E-state index contributed by atoms with van der Waals surface area (Å²) in [5.74, 6) is 0.829. The Morgan fingerprint density at radius 3 is 2.29 bits per heavy atom. The zero-order chi connectivity index (χ0) is 22.4. The van der Waals surface area contributed by atoms with Gasteiger partial charge in [0.15, 0.2) is 0 Å². The molecule has 0 saturated carbocycles. The van der Waals surface area contributed by atoms with E-state index in [9.17, 15) is 13.2 Å². The highest BCUT2D eigenvalue weighted by molar-refractivity contribution is 7.89. The number of benzene rings is 2. The lowest BCUT2D eigenvalue weighted by molar-refractivity contribution is 0.172. The van der Waals surface area contributed by atoms with Gasteiger partial charge < -0.3 is 15.0 Å². The molecule has 0 radical (unpaired) electrons. The second-order valence-corrected chi connectivity index (χ2v) is 9.76. The predicted molar refractivity (Wildman–Crippen MR) is 121 cm³/mol. The number of carbonyl (C=O) groups excluding carboxylic acids is 1. The number of amides is 2. The summed E-state index contributed by atoms with van der Waals surface area (Å²) in [6.45, 7) is 5.81. The van der Waals surface area contributed by atoms with Gasteiger partial charge >= 0.3 is 6.03 Å². The Hall–Kier alpha value is -2.58. The molecular formula is C23H31N3O4S. The number of hydrogen-bond donors (Lipinski definition) is 1. The van der Waals surface area contributed by atoms with E-state index in [2.05, 4.69) is 5.32 Å². The van der Waals surface area contributed by atoms with Crippen molar-refractivity contribution in [2.24, 2.45) is 0 Å². The monoisotopic (exact) mass is 445 g/mol. The molecule has 2 aromatic carbocycles. The van der Waals surface area contributed by atoms with E-state index in [1.54, 1.807) is 24.1 Å². The van der Waals surface area contributed by atoms with Crippen LogP contribution in [0.3, 0.4) is 0 Å². The summed E-state index contributed by atoms with van der Waals surface area (Å²) < 4.78 is 32.4. The number of aryl methyl sites for hydroxylation is 3. The van der Waals surface area contributed by atoms with Gasteiger partial charge in [-0.1, -0.05) is 18.2 Å². The van der Waals surface area contributed by atoms with E-state index < -0.39 is 10.0 Å². The van der Waals surface area contributed by atoms with Gasteiger partial charge in [0, 0.05) is 32.7 Å². The van der Waals surface area contributed by atoms with Crippen molar-refractivity contribution in [1.29, 1.82) is 0 Å². The molecule has 1 aliphatic heterocycles. The van der Waals surface area contributed by atoms with Gasteiger partial charge in [-0.3, -0.25) is 0 Å². The van der Waals surface area contributed by atoms with Crippen molar-refractivity contribution in [3.05, 3.63) is 59.2 Å². The van der Waals surface area contributed by atoms with Crippen molar-refractivity contribution >= 4 is 16.1 Å². The Balaban J connectivity index is 1.44. The lowest BCUT2D eigenvalue weighted by Gasteiger charge is -2.34. The number of nitrogens with one attached hydrogen (secondary N) is 1. The predicted octanol–water partition coefficient (Wildman–Crippen LogP) is 2.96. The molecule has 3 rings (SSSR count). The molecule has 1 N–H and O–H groups in total. The number of carbonyl (C=O) groups is 1. The maximum atomic E-state index is 12.9. The minimum absolute atomic E-state index is 0.141. The first kappa shape index (κ1) is 23.1. The molecule has 8 heteroatoms. The van der Waals surface area contributed by atoms with E-state index in [-0.39, 0.29) is 6.03 Å². The zero-order valence-electron chi connectivity index (χ0n) is 18.4. The van der Waals surface area contributed by atoms with Gasteiger partial charge in [0.2, 0.25) is 10.0 Å². The van der Waals surface area contributed by atoms with Crippen LogP contribution in [0.2, 0.25) is 0 Å². The second-order valence-electron chi connectivity index (χ2n) is 7.82. The summed E-state index contributed by atoms with van der Waals surface area (Å²) >= 11 is 0. The third-order valence-electron chi connectivity index (χ3n) is 5.72. The minimum Gasteiger partial charge on any atom is -0.497 e. The molecule has 0 spiro atoms. The largest absolute Gasteiger partial charge is 0.497 e. The van der Waals surface area contributed by atoms with E-state index in [4.69, 9.17) is 4.74 Å². The van der Waals surface area contributed by atoms with Crippen LogP contribution < -0.4 is 10.1 Å². The number of urea groups is 1. The van der Waals surface area contributed by atoms with Crippen molar-refractivity contribution < 1.29 is 17.9 Å². The third kappa shape index (κ3) is 5.77. The highest BCUT2D eigenvalue weighted by Gasteiger charge is 2.30. The number of sulfonamides is 1. The SMILES string of the molecule is COc1ccc(CCCNC(=O)N2CCN(S(=O)(=O)c3ccc(C)c(C)c3)CC2)cc1. The molecule has 1 heterocycles. The van der Waals surface area contributed by atoms with Crippen LogP contribution in [0.4, 0.5) is 4.79 Å². The van der Waals surface area contributed by atoms with Gasteiger partial charge in [0.05, 0.1) is 12.0 Å². The fourth-order valence-electron chi connectivity index (χ4n) is 3.55. The van der Waals surface area contributed by atoms with Gasteiger partial charge in [-0.25, -0.2) is 13.2 Å². The van der Waals surface area contributed by atoms with Crippen LogP contribution in [0, 0.1) is 13.8 Å². The van der Waals surface area contributed by atoms with Crippen molar-refractivity contribution in [2.75, 3.05) is 39.8 Å². The number of piperazine rings is 1. The molecular weight excluding hydrogens is 414 g/mol. The molecule has 1 aliphatic rings. The Kier molecular flexibility index (Phi) is 7.56. The lowest BCUT2D eigenvalue weighted by Crippen LogP contribution is -2.53. The van der Waals surface area contributed by atoms with Gasteiger partial charge in [-0.15, -0.1) is 0 Å². The van der Waals surface area contributed by atoms with Crippen molar-refractivity contribution in [3.63, 3.8) is 0 Å². The maximum Gasteiger partial charge on any atom is 0.317 e. The van der Waals surface area contributed by atoms with Gasteiger partial charge in [-0.2, -0.15) is 4.31 Å². The molecule has 2 amide bonds. The molecule has 168 valence electrons. The molecule has 0 bridgehead atoms. The number of rotatable bonds is 7. The smallest absolute Gasteiger partial charge is 0.317 e. The van der Waals surface area contributed by atoms with Crippen LogP contribution in [0.5, 0.6) is 5.75 Å². The first-order chi connectivity index (χ1) is 14.8. The molecule has 0 unspecified atom stereocenters. The van der Waals surface area contributed by atoms with E-state index >= 15 is 0 Å². The zero-order valence-corrected chi connectivity index (χ0v) is 19.2. The molecule has 0 aromatic heterocycles. The van der Waals surface area contributed by atoms with Gasteiger partial charge in [0.25, 0.3) is 0 Å². The van der Waals surface area contributed by atoms with E-state index in [0.29, 0.717) is 37.6 Å². The summed E-state index contributed by atoms with van der Waals surface area (Å²) in [5.41, 5.74) is 3.21. The molecule has 1 fully saturated rings. The fourth-order valence-corrected chi connectivity index (χ4v) is 5.05. The normalized spacial score (nSPS) is 15.0. The third-order valence-corrected chi connectivity index (χ3v) is 7.61. The average molecular weight is 446 g/mol. The fraction of sp³-hybridized carbons (Fsp3) is 0.435. The lowest BCUT2D eigenvalue weighted by atomic mass is 10.1. The number of hydrogen-bond acceptors (Lipinski definition) is 4. The second kappa shape index (κ2) is 10.2. The van der Waals surface area contributed by atoms with Crippen molar-refractivity contribution in [3.8, 4) is 5.75 Å².